The average molecular weight is 291 g/mol. The second-order valence-electron chi connectivity index (χ2n) is 4.63. The third-order valence-electron chi connectivity index (χ3n) is 3.38. The Kier molecular flexibility index (Phi) is 4.30. The first-order valence-electron chi connectivity index (χ1n) is 5.79. The highest BCUT2D eigenvalue weighted by atomic mass is 35.5. The van der Waals surface area contributed by atoms with Gasteiger partial charge in [-0.3, -0.25) is 0 Å². The van der Waals surface area contributed by atoms with Gasteiger partial charge in [0, 0.05) is 21.7 Å². The fraction of sp³-hybridized carbons (Fsp3) is 0.538. The summed E-state index contributed by atoms with van der Waals surface area (Å²) >= 11 is 13.9. The van der Waals surface area contributed by atoms with Gasteiger partial charge in [0.2, 0.25) is 0 Å². The molecule has 0 bridgehead atoms. The van der Waals surface area contributed by atoms with Crippen LogP contribution in [0.4, 0.5) is 0 Å². The summed E-state index contributed by atoms with van der Waals surface area (Å²) in [5, 5.41) is 12.3. The highest BCUT2D eigenvalue weighted by Crippen LogP contribution is 2.37. The fourth-order valence-electron chi connectivity index (χ4n) is 2.24. The van der Waals surface area contributed by atoms with Crippen molar-refractivity contribution in [1.82, 2.24) is 0 Å². The minimum absolute atomic E-state index is 0.242. The number of halogens is 2. The van der Waals surface area contributed by atoms with E-state index in [1.54, 1.807) is 12.1 Å². The van der Waals surface area contributed by atoms with Crippen LogP contribution >= 0.6 is 35.0 Å². The Morgan fingerprint density at radius 3 is 2.94 bits per heavy atom. The van der Waals surface area contributed by atoms with Crippen molar-refractivity contribution in [2.24, 2.45) is 0 Å². The molecule has 0 aliphatic carbocycles. The van der Waals surface area contributed by atoms with Crippen molar-refractivity contribution in [3.05, 3.63) is 33.8 Å². The molecule has 0 amide bonds. The number of thioether (sulfide) groups is 1. The standard InChI is InChI=1S/C13H16Cl2OS/c1-9-13(16,5-2-6-17-9)8-10-7-11(14)3-4-12(10)15/h3-4,7,9,16H,2,5-6,8H2,1H3. The summed E-state index contributed by atoms with van der Waals surface area (Å²) < 4.78 is 0. The molecule has 17 heavy (non-hydrogen) atoms. The summed E-state index contributed by atoms with van der Waals surface area (Å²) in [6.07, 6.45) is 2.48. The SMILES string of the molecule is CC1SCCCC1(O)Cc1cc(Cl)ccc1Cl. The molecule has 2 atom stereocenters. The number of benzene rings is 1. The van der Waals surface area contributed by atoms with E-state index in [2.05, 4.69) is 6.92 Å². The lowest BCUT2D eigenvalue weighted by atomic mass is 9.87. The van der Waals surface area contributed by atoms with Gasteiger partial charge in [0.15, 0.2) is 0 Å². The smallest absolute Gasteiger partial charge is 0.0804 e. The van der Waals surface area contributed by atoms with Crippen molar-refractivity contribution in [1.29, 1.82) is 0 Å². The van der Waals surface area contributed by atoms with Crippen LogP contribution in [0.2, 0.25) is 10.0 Å². The van der Waals surface area contributed by atoms with E-state index in [-0.39, 0.29) is 5.25 Å². The largest absolute Gasteiger partial charge is 0.388 e. The van der Waals surface area contributed by atoms with Crippen LogP contribution in [0.3, 0.4) is 0 Å². The zero-order valence-electron chi connectivity index (χ0n) is 9.75. The van der Waals surface area contributed by atoms with Crippen molar-refractivity contribution in [2.45, 2.75) is 37.0 Å². The minimum atomic E-state index is -0.656. The molecule has 0 saturated carbocycles. The summed E-state index contributed by atoms with van der Waals surface area (Å²) in [6.45, 7) is 2.09. The van der Waals surface area contributed by atoms with Crippen LogP contribution in [-0.2, 0) is 6.42 Å². The van der Waals surface area contributed by atoms with E-state index in [0.717, 1.165) is 24.2 Å². The zero-order valence-corrected chi connectivity index (χ0v) is 12.1. The van der Waals surface area contributed by atoms with E-state index < -0.39 is 5.60 Å². The van der Waals surface area contributed by atoms with E-state index in [9.17, 15) is 5.11 Å². The predicted molar refractivity (Wildman–Crippen MR) is 76.3 cm³/mol. The number of rotatable bonds is 2. The van der Waals surface area contributed by atoms with Gasteiger partial charge >= 0.3 is 0 Å². The van der Waals surface area contributed by atoms with Crippen LogP contribution in [0.1, 0.15) is 25.3 Å². The molecule has 0 spiro atoms. The third-order valence-corrected chi connectivity index (χ3v) is 5.45. The molecule has 1 aromatic carbocycles. The zero-order chi connectivity index (χ0) is 12.5. The molecule has 0 aromatic heterocycles. The van der Waals surface area contributed by atoms with Gasteiger partial charge in [0.1, 0.15) is 0 Å². The number of aliphatic hydroxyl groups is 1. The molecule has 1 aromatic rings. The van der Waals surface area contributed by atoms with Crippen molar-refractivity contribution >= 4 is 35.0 Å². The lowest BCUT2D eigenvalue weighted by Crippen LogP contribution is -2.43. The van der Waals surface area contributed by atoms with Gasteiger partial charge in [-0.15, -0.1) is 0 Å². The van der Waals surface area contributed by atoms with Crippen LogP contribution in [-0.4, -0.2) is 21.7 Å². The van der Waals surface area contributed by atoms with Gasteiger partial charge < -0.3 is 5.11 Å². The molecule has 94 valence electrons. The molecule has 1 saturated heterocycles. The van der Waals surface area contributed by atoms with E-state index in [1.807, 2.05) is 17.8 Å². The lowest BCUT2D eigenvalue weighted by Gasteiger charge is -2.38. The quantitative estimate of drug-likeness (QED) is 0.882. The van der Waals surface area contributed by atoms with Crippen molar-refractivity contribution < 1.29 is 5.11 Å². The van der Waals surface area contributed by atoms with Crippen LogP contribution < -0.4 is 0 Å². The topological polar surface area (TPSA) is 20.2 Å². The van der Waals surface area contributed by atoms with Crippen LogP contribution in [0, 0.1) is 0 Å². The molecule has 1 N–H and O–H groups in total. The molecule has 0 radical (unpaired) electrons. The van der Waals surface area contributed by atoms with Gasteiger partial charge in [-0.2, -0.15) is 11.8 Å². The summed E-state index contributed by atoms with van der Waals surface area (Å²) in [6, 6.07) is 5.42. The van der Waals surface area contributed by atoms with E-state index in [0.29, 0.717) is 16.5 Å². The molecule has 1 heterocycles. The molecular weight excluding hydrogens is 275 g/mol. The first-order chi connectivity index (χ1) is 8.01. The van der Waals surface area contributed by atoms with Gasteiger partial charge in [-0.1, -0.05) is 30.1 Å². The molecular formula is C13H16Cl2OS. The monoisotopic (exact) mass is 290 g/mol. The molecule has 1 fully saturated rings. The molecule has 1 aliphatic rings. The highest BCUT2D eigenvalue weighted by molar-refractivity contribution is 8.00. The molecule has 2 unspecified atom stereocenters. The highest BCUT2D eigenvalue weighted by Gasteiger charge is 2.37. The van der Waals surface area contributed by atoms with Gasteiger partial charge in [-0.25, -0.2) is 0 Å². The van der Waals surface area contributed by atoms with Gasteiger partial charge in [0.25, 0.3) is 0 Å². The Morgan fingerprint density at radius 1 is 1.47 bits per heavy atom. The van der Waals surface area contributed by atoms with Crippen LogP contribution in [0.25, 0.3) is 0 Å². The maximum atomic E-state index is 10.7. The second kappa shape index (κ2) is 5.40. The first kappa shape index (κ1) is 13.5. The molecule has 4 heteroatoms. The maximum absolute atomic E-state index is 10.7. The van der Waals surface area contributed by atoms with Gasteiger partial charge in [0.05, 0.1) is 5.60 Å². The average Bonchev–Trinajstić information content (AvgIpc) is 2.28. The Balaban J connectivity index is 2.21. The number of hydrogen-bond donors (Lipinski definition) is 1. The van der Waals surface area contributed by atoms with Crippen LogP contribution in [0.5, 0.6) is 0 Å². The Bertz CT molecular complexity index is 410. The normalized spacial score (nSPS) is 29.3. The summed E-state index contributed by atoms with van der Waals surface area (Å²) in [7, 11) is 0. The summed E-state index contributed by atoms with van der Waals surface area (Å²) in [5.41, 5.74) is 0.285. The van der Waals surface area contributed by atoms with Gasteiger partial charge in [-0.05, 0) is 42.4 Å². The first-order valence-corrected chi connectivity index (χ1v) is 7.60. The Morgan fingerprint density at radius 2 is 2.24 bits per heavy atom. The van der Waals surface area contributed by atoms with E-state index >= 15 is 0 Å². The number of hydrogen-bond acceptors (Lipinski definition) is 2. The fourth-order valence-corrected chi connectivity index (χ4v) is 3.79. The van der Waals surface area contributed by atoms with E-state index in [4.69, 9.17) is 23.2 Å². The second-order valence-corrected chi connectivity index (χ2v) is 6.92. The maximum Gasteiger partial charge on any atom is 0.0804 e. The summed E-state index contributed by atoms with van der Waals surface area (Å²) in [4.78, 5) is 0. The van der Waals surface area contributed by atoms with Crippen molar-refractivity contribution in [2.75, 3.05) is 5.75 Å². The predicted octanol–water partition coefficient (Wildman–Crippen LogP) is 4.18. The molecule has 1 nitrogen and oxygen atoms in total. The Labute approximate surface area is 117 Å². The molecule has 1 aliphatic heterocycles. The Hall–Kier alpha value is 0.110. The van der Waals surface area contributed by atoms with Crippen LogP contribution in [0.15, 0.2) is 18.2 Å². The van der Waals surface area contributed by atoms with Crippen molar-refractivity contribution in [3.8, 4) is 0 Å². The van der Waals surface area contributed by atoms with Crippen molar-refractivity contribution in [3.63, 3.8) is 0 Å². The minimum Gasteiger partial charge on any atom is -0.388 e. The summed E-state index contributed by atoms with van der Waals surface area (Å²) in [5.74, 6) is 1.13. The molecule has 2 rings (SSSR count). The third kappa shape index (κ3) is 3.11. The van der Waals surface area contributed by atoms with E-state index in [1.165, 1.54) is 0 Å². The lowest BCUT2D eigenvalue weighted by molar-refractivity contribution is 0.0298.